The molecule has 0 fully saturated rings. The zero-order chi connectivity index (χ0) is 9.26. The van der Waals surface area contributed by atoms with Crippen LogP contribution in [0.3, 0.4) is 0 Å². The number of hydrogen-bond acceptors (Lipinski definition) is 2. The number of allylic oxidation sites excluding steroid dienone is 1. The molecule has 1 aromatic heterocycles. The van der Waals surface area contributed by atoms with E-state index in [4.69, 9.17) is 4.74 Å². The minimum absolute atomic E-state index is 0.701. The molecule has 0 radical (unpaired) electrons. The lowest BCUT2D eigenvalue weighted by Gasteiger charge is -2.20. The number of aryl methyl sites for hydroxylation is 1. The van der Waals surface area contributed by atoms with Gasteiger partial charge >= 0.3 is 0 Å². The van der Waals surface area contributed by atoms with Crippen molar-refractivity contribution in [2.24, 2.45) is 0 Å². The number of aromatic nitrogens is 1. The van der Waals surface area contributed by atoms with Crippen LogP contribution in [0.1, 0.15) is 23.7 Å². The van der Waals surface area contributed by atoms with Crippen LogP contribution in [-0.2, 0) is 11.3 Å². The van der Waals surface area contributed by atoms with Crippen LogP contribution in [0.25, 0.3) is 5.57 Å². The van der Waals surface area contributed by atoms with Gasteiger partial charge in [0.2, 0.25) is 0 Å². The third-order valence-electron chi connectivity index (χ3n) is 2.47. The van der Waals surface area contributed by atoms with Crippen molar-refractivity contribution in [3.05, 3.63) is 35.2 Å². The van der Waals surface area contributed by atoms with Gasteiger partial charge in [-0.1, -0.05) is 6.08 Å². The van der Waals surface area contributed by atoms with Gasteiger partial charge in [0.1, 0.15) is 0 Å². The highest BCUT2D eigenvalue weighted by atomic mass is 16.5. The maximum Gasteiger partial charge on any atom is 0.0745 e. The molecule has 2 rings (SSSR count). The van der Waals surface area contributed by atoms with Crippen LogP contribution < -0.4 is 0 Å². The van der Waals surface area contributed by atoms with Crippen molar-refractivity contribution in [3.63, 3.8) is 0 Å². The molecule has 0 spiro atoms. The molecule has 1 aliphatic rings. The zero-order valence-corrected chi connectivity index (χ0v) is 8.00. The lowest BCUT2D eigenvalue weighted by atomic mass is 9.98. The molecule has 0 atom stereocenters. The van der Waals surface area contributed by atoms with E-state index in [0.29, 0.717) is 6.61 Å². The summed E-state index contributed by atoms with van der Waals surface area (Å²) < 4.78 is 5.47. The molecule has 0 aromatic carbocycles. The van der Waals surface area contributed by atoms with Gasteiger partial charge in [0.05, 0.1) is 13.2 Å². The number of pyridine rings is 1. The molecule has 0 bridgehead atoms. The summed E-state index contributed by atoms with van der Waals surface area (Å²) in [4.78, 5) is 4.25. The van der Waals surface area contributed by atoms with E-state index in [0.717, 1.165) is 12.3 Å². The minimum atomic E-state index is 0.701. The average molecular weight is 175 g/mol. The predicted molar refractivity (Wildman–Crippen MR) is 52.3 cm³/mol. The summed E-state index contributed by atoms with van der Waals surface area (Å²) in [5.41, 5.74) is 4.89. The second kappa shape index (κ2) is 3.30. The second-order valence-electron chi connectivity index (χ2n) is 3.23. The Bertz CT molecular complexity index is 355. The smallest absolute Gasteiger partial charge is 0.0745 e. The first-order valence-electron chi connectivity index (χ1n) is 4.50. The third kappa shape index (κ3) is 1.38. The molecule has 0 unspecified atom stereocenters. The topological polar surface area (TPSA) is 22.1 Å². The Morgan fingerprint density at radius 2 is 2.31 bits per heavy atom. The predicted octanol–water partition coefficient (Wildman–Crippen LogP) is 2.32. The highest BCUT2D eigenvalue weighted by Gasteiger charge is 2.15. The summed E-state index contributed by atoms with van der Waals surface area (Å²) in [6, 6.07) is 2.07. The van der Waals surface area contributed by atoms with E-state index in [-0.39, 0.29) is 0 Å². The van der Waals surface area contributed by atoms with E-state index in [1.54, 1.807) is 0 Å². The summed E-state index contributed by atoms with van der Waals surface area (Å²) in [5, 5.41) is 0. The van der Waals surface area contributed by atoms with Gasteiger partial charge in [-0.05, 0) is 31.1 Å². The molecule has 0 saturated heterocycles. The van der Waals surface area contributed by atoms with E-state index in [1.807, 2.05) is 20.0 Å². The molecule has 68 valence electrons. The second-order valence-corrected chi connectivity index (χ2v) is 3.23. The molecule has 0 aliphatic carbocycles. The molecule has 2 heterocycles. The maximum atomic E-state index is 5.47. The number of ether oxygens (including phenoxy) is 1. The first-order chi connectivity index (χ1) is 6.33. The number of hydrogen-bond donors (Lipinski definition) is 0. The van der Waals surface area contributed by atoms with Gasteiger partial charge in [0.25, 0.3) is 0 Å². The van der Waals surface area contributed by atoms with Crippen molar-refractivity contribution in [1.82, 2.24) is 4.98 Å². The van der Waals surface area contributed by atoms with Crippen molar-refractivity contribution < 1.29 is 4.74 Å². The fourth-order valence-corrected chi connectivity index (χ4v) is 1.66. The maximum absolute atomic E-state index is 5.47. The van der Waals surface area contributed by atoms with Gasteiger partial charge < -0.3 is 4.74 Å². The molecule has 13 heavy (non-hydrogen) atoms. The first kappa shape index (κ1) is 8.45. The molecule has 1 aliphatic heterocycles. The van der Waals surface area contributed by atoms with Gasteiger partial charge in [-0.3, -0.25) is 4.98 Å². The zero-order valence-electron chi connectivity index (χ0n) is 8.00. The van der Waals surface area contributed by atoms with E-state index >= 15 is 0 Å². The van der Waals surface area contributed by atoms with Crippen LogP contribution in [0.2, 0.25) is 0 Å². The van der Waals surface area contributed by atoms with Crippen LogP contribution in [0, 0.1) is 6.92 Å². The molecule has 2 nitrogen and oxygen atoms in total. The van der Waals surface area contributed by atoms with Crippen LogP contribution in [0.4, 0.5) is 0 Å². The summed E-state index contributed by atoms with van der Waals surface area (Å²) in [5.74, 6) is 0. The first-order valence-corrected chi connectivity index (χ1v) is 4.50. The monoisotopic (exact) mass is 175 g/mol. The van der Waals surface area contributed by atoms with E-state index in [1.165, 1.54) is 16.7 Å². The summed E-state index contributed by atoms with van der Waals surface area (Å²) in [7, 11) is 0. The highest BCUT2D eigenvalue weighted by molar-refractivity contribution is 5.70. The number of fused-ring (bicyclic) bond motifs is 1. The Morgan fingerprint density at radius 1 is 1.46 bits per heavy atom. The van der Waals surface area contributed by atoms with Crippen LogP contribution in [0.15, 0.2) is 18.3 Å². The van der Waals surface area contributed by atoms with E-state index in [2.05, 4.69) is 17.1 Å². The Morgan fingerprint density at radius 3 is 3.08 bits per heavy atom. The standard InChI is InChI=1S/C11H13NO/c1-3-9-6-13-7-11-8(2)12-5-4-10(9)11/h3-5H,6-7H2,1-2H3/b9-3+. The Labute approximate surface area is 78.3 Å². The molecular weight excluding hydrogens is 162 g/mol. The Hall–Kier alpha value is -1.15. The van der Waals surface area contributed by atoms with Crippen molar-refractivity contribution in [1.29, 1.82) is 0 Å². The Kier molecular flexibility index (Phi) is 2.15. The summed E-state index contributed by atoms with van der Waals surface area (Å²) >= 11 is 0. The van der Waals surface area contributed by atoms with Crippen LogP contribution in [-0.4, -0.2) is 11.6 Å². The molecular formula is C11H13NO. The SMILES string of the molecule is C/C=C1\COCc2c1ccnc2C. The minimum Gasteiger partial charge on any atom is -0.372 e. The highest BCUT2D eigenvalue weighted by Crippen LogP contribution is 2.26. The third-order valence-corrected chi connectivity index (χ3v) is 2.47. The Balaban J connectivity index is 2.58. The molecule has 1 aromatic rings. The van der Waals surface area contributed by atoms with Gasteiger partial charge in [-0.2, -0.15) is 0 Å². The van der Waals surface area contributed by atoms with Gasteiger partial charge in [0, 0.05) is 17.5 Å². The molecule has 0 amide bonds. The van der Waals surface area contributed by atoms with Crippen LogP contribution in [0.5, 0.6) is 0 Å². The fraction of sp³-hybridized carbons (Fsp3) is 0.364. The lowest BCUT2D eigenvalue weighted by molar-refractivity contribution is 0.145. The quantitative estimate of drug-likeness (QED) is 0.603. The van der Waals surface area contributed by atoms with Crippen molar-refractivity contribution in [3.8, 4) is 0 Å². The largest absolute Gasteiger partial charge is 0.372 e. The van der Waals surface area contributed by atoms with Crippen molar-refractivity contribution >= 4 is 5.57 Å². The van der Waals surface area contributed by atoms with Gasteiger partial charge in [-0.25, -0.2) is 0 Å². The van der Waals surface area contributed by atoms with Crippen LogP contribution >= 0.6 is 0 Å². The fourth-order valence-electron chi connectivity index (χ4n) is 1.66. The number of rotatable bonds is 0. The number of nitrogens with zero attached hydrogens (tertiary/aromatic N) is 1. The van der Waals surface area contributed by atoms with Gasteiger partial charge in [0.15, 0.2) is 0 Å². The molecule has 2 heteroatoms. The lowest BCUT2D eigenvalue weighted by Crippen LogP contribution is -2.11. The van der Waals surface area contributed by atoms with E-state index in [9.17, 15) is 0 Å². The molecule has 0 N–H and O–H groups in total. The summed E-state index contributed by atoms with van der Waals surface area (Å²) in [6.45, 7) is 5.50. The van der Waals surface area contributed by atoms with E-state index < -0.39 is 0 Å². The molecule has 0 saturated carbocycles. The van der Waals surface area contributed by atoms with Crippen molar-refractivity contribution in [2.75, 3.05) is 6.61 Å². The van der Waals surface area contributed by atoms with Gasteiger partial charge in [-0.15, -0.1) is 0 Å². The van der Waals surface area contributed by atoms with Crippen molar-refractivity contribution in [2.45, 2.75) is 20.5 Å². The normalized spacial score (nSPS) is 18.8. The summed E-state index contributed by atoms with van der Waals surface area (Å²) in [6.07, 6.45) is 3.97. The average Bonchev–Trinajstić information content (AvgIpc) is 2.18.